The van der Waals surface area contributed by atoms with Gasteiger partial charge in [0.05, 0.1) is 7.11 Å². The molecule has 0 aliphatic heterocycles. The van der Waals surface area contributed by atoms with Crippen molar-refractivity contribution >= 4 is 17.8 Å². The first kappa shape index (κ1) is 22.1. The molecule has 0 aliphatic carbocycles. The van der Waals surface area contributed by atoms with Gasteiger partial charge in [0.25, 0.3) is 5.91 Å². The molecule has 6 heteroatoms. The summed E-state index contributed by atoms with van der Waals surface area (Å²) in [5, 5.41) is 2.75. The van der Waals surface area contributed by atoms with Gasteiger partial charge in [0.15, 0.2) is 0 Å². The average molecular weight is 396 g/mol. The second-order valence-corrected chi connectivity index (χ2v) is 7.53. The van der Waals surface area contributed by atoms with Crippen LogP contribution in [0, 0.1) is 6.92 Å². The Kier molecular flexibility index (Phi) is 7.15. The third-order valence-electron chi connectivity index (χ3n) is 5.07. The number of likely N-dealkylation sites (N-methyl/N-ethyl adjacent to an activating group) is 1. The second-order valence-electron chi connectivity index (χ2n) is 7.53. The van der Waals surface area contributed by atoms with Crippen molar-refractivity contribution < 1.29 is 19.1 Å². The Labute approximate surface area is 171 Å². The summed E-state index contributed by atoms with van der Waals surface area (Å²) < 4.78 is 4.85. The van der Waals surface area contributed by atoms with Gasteiger partial charge in [0.2, 0.25) is 5.91 Å². The van der Waals surface area contributed by atoms with Gasteiger partial charge >= 0.3 is 5.97 Å². The highest BCUT2D eigenvalue weighted by atomic mass is 16.5. The number of esters is 1. The molecule has 0 aliphatic rings. The Morgan fingerprint density at radius 1 is 1.03 bits per heavy atom. The quantitative estimate of drug-likeness (QED) is 0.730. The first-order chi connectivity index (χ1) is 13.7. The minimum absolute atomic E-state index is 0.275. The van der Waals surface area contributed by atoms with Crippen LogP contribution in [0.1, 0.15) is 35.3 Å². The highest BCUT2D eigenvalue weighted by Crippen LogP contribution is 2.18. The molecule has 0 saturated heterocycles. The molecule has 0 fully saturated rings. The van der Waals surface area contributed by atoms with E-state index in [0.29, 0.717) is 12.0 Å². The number of nitrogens with one attached hydrogen (secondary N) is 1. The maximum absolute atomic E-state index is 13.0. The molecule has 2 aromatic rings. The summed E-state index contributed by atoms with van der Waals surface area (Å²) in [6.45, 7) is 5.23. The summed E-state index contributed by atoms with van der Waals surface area (Å²) in [4.78, 5) is 39.4. The monoisotopic (exact) mass is 396 g/mol. The maximum Gasteiger partial charge on any atom is 0.328 e. The van der Waals surface area contributed by atoms with Crippen LogP contribution in [0.2, 0.25) is 0 Å². The van der Waals surface area contributed by atoms with Gasteiger partial charge in [-0.15, -0.1) is 0 Å². The van der Waals surface area contributed by atoms with E-state index in [1.807, 2.05) is 49.4 Å². The van der Waals surface area contributed by atoms with Crippen LogP contribution in [0.15, 0.2) is 54.6 Å². The van der Waals surface area contributed by atoms with Crippen LogP contribution in [0.4, 0.5) is 0 Å². The van der Waals surface area contributed by atoms with Crippen molar-refractivity contribution in [1.82, 2.24) is 10.2 Å². The minimum Gasteiger partial charge on any atom is -0.467 e. The van der Waals surface area contributed by atoms with E-state index in [0.717, 1.165) is 11.1 Å². The number of hydrogen-bond donors (Lipinski definition) is 1. The van der Waals surface area contributed by atoms with Crippen LogP contribution in [0.5, 0.6) is 0 Å². The van der Waals surface area contributed by atoms with E-state index in [-0.39, 0.29) is 5.91 Å². The SMILES string of the molecule is COC(=O)[C@H](Cc1ccccc1)NC(=O)C(C)(C)N(C)C(=O)c1ccc(C)cc1. The summed E-state index contributed by atoms with van der Waals surface area (Å²) in [5.41, 5.74) is 1.26. The van der Waals surface area contributed by atoms with Crippen molar-refractivity contribution in [2.24, 2.45) is 0 Å². The lowest BCUT2D eigenvalue weighted by atomic mass is 9.98. The van der Waals surface area contributed by atoms with Crippen molar-refractivity contribution in [3.63, 3.8) is 0 Å². The van der Waals surface area contributed by atoms with E-state index < -0.39 is 23.5 Å². The van der Waals surface area contributed by atoms with Gasteiger partial charge in [-0.05, 0) is 38.5 Å². The highest BCUT2D eigenvalue weighted by molar-refractivity contribution is 5.99. The summed E-state index contributed by atoms with van der Waals surface area (Å²) in [7, 11) is 2.86. The molecular weight excluding hydrogens is 368 g/mol. The molecule has 2 aromatic carbocycles. The van der Waals surface area contributed by atoms with Crippen molar-refractivity contribution in [2.75, 3.05) is 14.2 Å². The van der Waals surface area contributed by atoms with E-state index in [9.17, 15) is 14.4 Å². The van der Waals surface area contributed by atoms with Crippen molar-refractivity contribution in [3.05, 3.63) is 71.3 Å². The second kappa shape index (κ2) is 9.37. The Bertz CT molecular complexity index is 860. The molecule has 0 saturated carbocycles. The van der Waals surface area contributed by atoms with Crippen LogP contribution in [0.3, 0.4) is 0 Å². The molecule has 0 spiro atoms. The lowest BCUT2D eigenvalue weighted by Crippen LogP contribution is -2.58. The smallest absolute Gasteiger partial charge is 0.328 e. The Morgan fingerprint density at radius 2 is 1.62 bits per heavy atom. The molecule has 1 atom stereocenters. The Balaban J connectivity index is 2.16. The Morgan fingerprint density at radius 3 is 2.17 bits per heavy atom. The van der Waals surface area contributed by atoms with Crippen molar-refractivity contribution in [2.45, 2.75) is 38.8 Å². The number of nitrogens with zero attached hydrogens (tertiary/aromatic N) is 1. The zero-order valence-electron chi connectivity index (χ0n) is 17.6. The molecule has 0 aromatic heterocycles. The largest absolute Gasteiger partial charge is 0.467 e. The van der Waals surface area contributed by atoms with Crippen LogP contribution in [-0.2, 0) is 20.7 Å². The standard InChI is InChI=1S/C23H28N2O4/c1-16-11-13-18(14-12-16)20(26)25(4)23(2,3)22(28)24-19(21(27)29-5)15-17-9-7-6-8-10-17/h6-14,19H,15H2,1-5H3,(H,24,28)/t19-/m0/s1. The topological polar surface area (TPSA) is 75.7 Å². The zero-order chi connectivity index (χ0) is 21.6. The van der Waals surface area contributed by atoms with Gasteiger partial charge in [-0.2, -0.15) is 0 Å². The predicted octanol–water partition coefficient (Wildman–Crippen LogP) is 2.75. The summed E-state index contributed by atoms with van der Waals surface area (Å²) in [6.07, 6.45) is 0.297. The molecule has 0 heterocycles. The summed E-state index contributed by atoms with van der Waals surface area (Å²) in [6, 6.07) is 15.7. The normalized spacial score (nSPS) is 12.0. The summed E-state index contributed by atoms with van der Waals surface area (Å²) >= 11 is 0. The van der Waals surface area contributed by atoms with Crippen LogP contribution < -0.4 is 5.32 Å². The van der Waals surface area contributed by atoms with E-state index in [1.54, 1.807) is 33.0 Å². The number of amides is 2. The number of benzene rings is 2. The number of methoxy groups -OCH3 is 1. The first-order valence-electron chi connectivity index (χ1n) is 9.44. The molecule has 1 N–H and O–H groups in total. The van der Waals surface area contributed by atoms with Crippen molar-refractivity contribution in [3.8, 4) is 0 Å². The molecule has 2 amide bonds. The maximum atomic E-state index is 13.0. The molecule has 154 valence electrons. The fraction of sp³-hybridized carbons (Fsp3) is 0.348. The van der Waals surface area contributed by atoms with E-state index in [1.165, 1.54) is 12.0 Å². The van der Waals surface area contributed by atoms with Gasteiger partial charge in [0.1, 0.15) is 11.6 Å². The van der Waals surface area contributed by atoms with E-state index >= 15 is 0 Å². The van der Waals surface area contributed by atoms with Crippen LogP contribution in [0.25, 0.3) is 0 Å². The summed E-state index contributed by atoms with van der Waals surface area (Å²) in [5.74, 6) is -1.25. The third-order valence-corrected chi connectivity index (χ3v) is 5.07. The molecule has 6 nitrogen and oxygen atoms in total. The van der Waals surface area contributed by atoms with Crippen LogP contribution >= 0.6 is 0 Å². The molecule has 0 bridgehead atoms. The number of ether oxygens (including phenoxy) is 1. The Hall–Kier alpha value is -3.15. The van der Waals surface area contributed by atoms with Crippen LogP contribution in [-0.4, -0.2) is 48.4 Å². The molecule has 0 unspecified atom stereocenters. The third kappa shape index (κ3) is 5.44. The van der Waals surface area contributed by atoms with Gasteiger partial charge in [-0.25, -0.2) is 4.79 Å². The number of carbonyl (C=O) groups excluding carboxylic acids is 3. The predicted molar refractivity (Wildman–Crippen MR) is 111 cm³/mol. The number of carbonyl (C=O) groups is 3. The lowest BCUT2D eigenvalue weighted by Gasteiger charge is -2.35. The number of aryl methyl sites for hydroxylation is 1. The number of rotatable bonds is 7. The van der Waals surface area contributed by atoms with Gasteiger partial charge in [-0.3, -0.25) is 9.59 Å². The van der Waals surface area contributed by atoms with Crippen molar-refractivity contribution in [1.29, 1.82) is 0 Å². The fourth-order valence-electron chi connectivity index (χ4n) is 2.82. The molecule has 0 radical (unpaired) electrons. The zero-order valence-corrected chi connectivity index (χ0v) is 17.6. The van der Waals surface area contributed by atoms with Gasteiger partial charge in [0, 0.05) is 19.0 Å². The number of hydrogen-bond acceptors (Lipinski definition) is 4. The molecule has 2 rings (SSSR count). The van der Waals surface area contributed by atoms with E-state index in [4.69, 9.17) is 4.74 Å². The van der Waals surface area contributed by atoms with Gasteiger partial charge < -0.3 is 15.0 Å². The molecule has 29 heavy (non-hydrogen) atoms. The molecular formula is C23H28N2O4. The highest BCUT2D eigenvalue weighted by Gasteiger charge is 2.38. The lowest BCUT2D eigenvalue weighted by molar-refractivity contribution is -0.146. The fourth-order valence-corrected chi connectivity index (χ4v) is 2.82. The van der Waals surface area contributed by atoms with E-state index in [2.05, 4.69) is 5.32 Å². The minimum atomic E-state index is -1.18. The van der Waals surface area contributed by atoms with Gasteiger partial charge in [-0.1, -0.05) is 48.0 Å². The average Bonchev–Trinajstić information content (AvgIpc) is 2.72. The first-order valence-corrected chi connectivity index (χ1v) is 9.44.